The van der Waals surface area contributed by atoms with Crippen molar-refractivity contribution in [2.24, 2.45) is 0 Å². The molecule has 4 aliphatic rings. The maximum absolute atomic E-state index is 2.81. The predicted molar refractivity (Wildman–Crippen MR) is 281 cm³/mol. The van der Waals surface area contributed by atoms with Crippen LogP contribution in [0, 0.1) is 0 Å². The molecule has 8 aromatic carbocycles. The number of fused-ring (bicyclic) bond motifs is 12. The highest BCUT2D eigenvalue weighted by Gasteiger charge is 2.52. The van der Waals surface area contributed by atoms with Gasteiger partial charge in [0.2, 0.25) is 0 Å². The summed E-state index contributed by atoms with van der Waals surface area (Å²) in [5.74, 6) is 1.63. The van der Waals surface area contributed by atoms with Crippen LogP contribution in [0.5, 0.6) is 0 Å². The maximum atomic E-state index is 2.81. The summed E-state index contributed by atoms with van der Waals surface area (Å²) in [6, 6.07) is 59.4. The highest BCUT2D eigenvalue weighted by Crippen LogP contribution is 2.52. The van der Waals surface area contributed by atoms with E-state index in [-0.39, 0.29) is 13.6 Å². The summed E-state index contributed by atoms with van der Waals surface area (Å²) < 4.78 is 2.49. The number of para-hydroxylation sites is 2. The lowest BCUT2D eigenvalue weighted by Crippen LogP contribution is -2.69. The summed E-state index contributed by atoms with van der Waals surface area (Å²) >= 11 is 0. The first-order valence-electron chi connectivity index (χ1n) is 24.0. The van der Waals surface area contributed by atoms with Crippen molar-refractivity contribution < 1.29 is 0 Å². The zero-order valence-corrected chi connectivity index (χ0v) is 38.7. The van der Waals surface area contributed by atoms with E-state index < -0.39 is 0 Å². The molecule has 314 valence electrons. The SMILES string of the molecule is CC(C)c1ccc(N2c3ccc(C(C)C)cc3B3c4cc(C(C)C)cc5c4N4B(c6ccc(-n7c8ccccc8c8ccccc87)cc6-5)c5cc(C(C)C)ccc5-c5ccc2c3c54)cc1. The number of nitrogens with zero attached hydrogens (tertiary/aromatic N) is 3. The van der Waals surface area contributed by atoms with Crippen LogP contribution in [0.25, 0.3) is 49.7 Å². The van der Waals surface area contributed by atoms with Gasteiger partial charge in [-0.25, -0.2) is 0 Å². The van der Waals surface area contributed by atoms with E-state index in [9.17, 15) is 0 Å². The molecular weight excluding hydrogens is 784 g/mol. The van der Waals surface area contributed by atoms with Crippen LogP contribution in [-0.4, -0.2) is 18.1 Å². The van der Waals surface area contributed by atoms with E-state index in [0.717, 1.165) is 0 Å². The van der Waals surface area contributed by atoms with Crippen LogP contribution in [-0.2, 0) is 0 Å². The van der Waals surface area contributed by atoms with Crippen molar-refractivity contribution >= 4 is 91.1 Å². The average Bonchev–Trinajstić information content (AvgIpc) is 3.66. The Morgan fingerprint density at radius 1 is 0.385 bits per heavy atom. The first-order chi connectivity index (χ1) is 31.6. The number of aromatic nitrogens is 1. The van der Waals surface area contributed by atoms with Crippen LogP contribution in [0.15, 0.2) is 152 Å². The van der Waals surface area contributed by atoms with Crippen LogP contribution >= 0.6 is 0 Å². The molecule has 5 heteroatoms. The fraction of sp³-hybridized carbons (Fsp3) is 0.200. The second kappa shape index (κ2) is 13.9. The fourth-order valence-electron chi connectivity index (χ4n) is 12.1. The van der Waals surface area contributed by atoms with Gasteiger partial charge < -0.3 is 14.3 Å². The van der Waals surface area contributed by atoms with Crippen LogP contribution in [0.2, 0.25) is 0 Å². The van der Waals surface area contributed by atoms with Crippen LogP contribution in [0.1, 0.15) is 101 Å². The van der Waals surface area contributed by atoms with Gasteiger partial charge in [0.1, 0.15) is 0 Å². The van der Waals surface area contributed by atoms with Gasteiger partial charge in [0.05, 0.1) is 11.0 Å². The largest absolute Gasteiger partial charge is 0.377 e. The van der Waals surface area contributed by atoms with Crippen LogP contribution in [0.4, 0.5) is 28.4 Å². The van der Waals surface area contributed by atoms with Gasteiger partial charge in [-0.2, -0.15) is 0 Å². The molecule has 0 N–H and O–H groups in total. The Balaban J connectivity index is 1.16. The summed E-state index contributed by atoms with van der Waals surface area (Å²) in [6.07, 6.45) is 0. The molecule has 0 saturated carbocycles. The van der Waals surface area contributed by atoms with Gasteiger partial charge in [-0.05, 0) is 139 Å². The summed E-state index contributed by atoms with van der Waals surface area (Å²) in [4.78, 5) is 5.39. The topological polar surface area (TPSA) is 11.4 Å². The van der Waals surface area contributed by atoms with E-state index >= 15 is 0 Å². The van der Waals surface area contributed by atoms with Crippen molar-refractivity contribution in [2.75, 3.05) is 9.71 Å². The first-order valence-corrected chi connectivity index (χ1v) is 24.0. The van der Waals surface area contributed by atoms with Crippen molar-refractivity contribution in [2.45, 2.75) is 79.1 Å². The Hall–Kier alpha value is -6.71. The molecular formula is C60H53B2N3. The first kappa shape index (κ1) is 38.7. The van der Waals surface area contributed by atoms with E-state index in [1.54, 1.807) is 0 Å². The number of anilines is 5. The average molecular weight is 838 g/mol. The highest BCUT2D eigenvalue weighted by atomic mass is 15.2. The molecule has 5 heterocycles. The molecule has 13 rings (SSSR count). The zero-order valence-electron chi connectivity index (χ0n) is 38.7. The van der Waals surface area contributed by atoms with Gasteiger partial charge in [0.15, 0.2) is 0 Å². The lowest BCUT2D eigenvalue weighted by molar-refractivity contribution is 0.866. The number of hydrogen-bond donors (Lipinski definition) is 0. The van der Waals surface area contributed by atoms with Crippen molar-refractivity contribution in [1.29, 1.82) is 0 Å². The van der Waals surface area contributed by atoms with Crippen molar-refractivity contribution in [1.82, 2.24) is 4.57 Å². The fourth-order valence-corrected chi connectivity index (χ4v) is 12.1. The lowest BCUT2D eigenvalue weighted by Gasteiger charge is -2.52. The standard InChI is InChI=1S/C60H53B2N3/c1-34(2)38-17-21-42(22-18-38)63-56-27-20-40(36(5)6)31-52(56)61-53-32-41(37(7)8)29-49-48-33-43(64-54-15-11-9-13-45(54)46-14-10-12-16-55(46)64)23-26-50(48)62-51-30-39(35(3)4)19-24-44(51)47-25-28-57(63)58(61)60(47)65(62)59(49)53/h9-37H,1-8H3. The van der Waals surface area contributed by atoms with Crippen molar-refractivity contribution in [3.63, 3.8) is 0 Å². The summed E-state index contributed by atoms with van der Waals surface area (Å²) in [7, 11) is 0. The van der Waals surface area contributed by atoms with Gasteiger partial charge >= 0.3 is 6.85 Å². The number of rotatable bonds is 6. The Bertz CT molecular complexity index is 3430. The molecule has 4 aliphatic heterocycles. The summed E-state index contributed by atoms with van der Waals surface area (Å²) in [5.41, 5.74) is 28.1. The van der Waals surface area contributed by atoms with E-state index in [0.29, 0.717) is 23.7 Å². The molecule has 0 radical (unpaired) electrons. The molecule has 0 amide bonds. The van der Waals surface area contributed by atoms with E-state index in [2.05, 4.69) is 221 Å². The van der Waals surface area contributed by atoms with Gasteiger partial charge in [0, 0.05) is 56.0 Å². The zero-order chi connectivity index (χ0) is 44.2. The molecule has 0 bridgehead atoms. The summed E-state index contributed by atoms with van der Waals surface area (Å²) in [6.45, 7) is 18.7. The Kier molecular flexibility index (Phi) is 8.28. The van der Waals surface area contributed by atoms with Gasteiger partial charge in [-0.1, -0.05) is 152 Å². The molecule has 9 aromatic rings. The van der Waals surface area contributed by atoms with Gasteiger partial charge in [-0.3, -0.25) is 0 Å². The minimum Gasteiger partial charge on any atom is -0.377 e. The Morgan fingerprint density at radius 3 is 1.63 bits per heavy atom. The van der Waals surface area contributed by atoms with E-state index in [1.165, 1.54) is 128 Å². The van der Waals surface area contributed by atoms with E-state index in [1.807, 2.05) is 0 Å². The van der Waals surface area contributed by atoms with Crippen molar-refractivity contribution in [3.8, 4) is 27.9 Å². The third-order valence-corrected chi connectivity index (χ3v) is 15.5. The monoisotopic (exact) mass is 837 g/mol. The maximum Gasteiger partial charge on any atom is 0.329 e. The molecule has 0 fully saturated rings. The normalized spacial score (nSPS) is 14.0. The number of benzene rings is 8. The third kappa shape index (κ3) is 5.33. The van der Waals surface area contributed by atoms with Gasteiger partial charge in [-0.15, -0.1) is 0 Å². The van der Waals surface area contributed by atoms with Gasteiger partial charge in [0.25, 0.3) is 6.71 Å². The highest BCUT2D eigenvalue weighted by molar-refractivity contribution is 7.03. The second-order valence-electron chi connectivity index (χ2n) is 20.5. The number of hydrogen-bond acceptors (Lipinski definition) is 2. The smallest absolute Gasteiger partial charge is 0.329 e. The molecule has 1 aromatic heterocycles. The Morgan fingerprint density at radius 2 is 0.954 bits per heavy atom. The quantitative estimate of drug-likeness (QED) is 0.155. The van der Waals surface area contributed by atoms with Crippen molar-refractivity contribution in [3.05, 3.63) is 174 Å². The molecule has 0 spiro atoms. The molecule has 3 nitrogen and oxygen atoms in total. The minimum atomic E-state index is 0.00386. The van der Waals surface area contributed by atoms with Crippen LogP contribution in [0.3, 0.4) is 0 Å². The van der Waals surface area contributed by atoms with Crippen LogP contribution < -0.4 is 37.0 Å². The molecule has 0 atom stereocenters. The molecule has 65 heavy (non-hydrogen) atoms. The summed E-state index contributed by atoms with van der Waals surface area (Å²) in [5, 5.41) is 2.57. The molecule has 0 saturated heterocycles. The second-order valence-corrected chi connectivity index (χ2v) is 20.5. The molecule has 0 aliphatic carbocycles. The third-order valence-electron chi connectivity index (χ3n) is 15.5. The predicted octanol–water partition coefficient (Wildman–Crippen LogP) is 12.8. The molecule has 0 unspecified atom stereocenters. The minimum absolute atomic E-state index is 0.00386. The lowest BCUT2D eigenvalue weighted by atomic mass is 9.30. The Labute approximate surface area is 384 Å². The van der Waals surface area contributed by atoms with E-state index in [4.69, 9.17) is 0 Å².